The van der Waals surface area contributed by atoms with E-state index in [1.165, 1.54) is 16.7 Å². The summed E-state index contributed by atoms with van der Waals surface area (Å²) in [5.41, 5.74) is 4.99. The molecule has 2 aliphatic heterocycles. The zero-order valence-electron chi connectivity index (χ0n) is 24.8. The average molecular weight is 737 g/mol. The number of pyridine rings is 1. The molecule has 5 rings (SSSR count). The predicted octanol–water partition coefficient (Wildman–Crippen LogP) is 6.66. The number of carbonyl (C=O) groups is 3. The first kappa shape index (κ1) is 32.4. The number of hydrogen-bond donors (Lipinski definition) is 1. The van der Waals surface area contributed by atoms with Gasteiger partial charge in [-0.25, -0.2) is 0 Å². The van der Waals surface area contributed by atoms with Crippen molar-refractivity contribution < 1.29 is 14.4 Å². The third-order valence-corrected chi connectivity index (χ3v) is 10.8. The smallest absolute Gasteiger partial charge is 0.239 e. The van der Waals surface area contributed by atoms with Gasteiger partial charge in [0, 0.05) is 65.1 Å². The number of amides is 3. The molecule has 7 nitrogen and oxygen atoms in total. The molecular formula is C33H41Br2ClN4O3. The van der Waals surface area contributed by atoms with E-state index in [1.54, 1.807) is 4.90 Å². The van der Waals surface area contributed by atoms with Gasteiger partial charge in [0.25, 0.3) is 0 Å². The van der Waals surface area contributed by atoms with Crippen LogP contribution in [-0.4, -0.2) is 65.2 Å². The van der Waals surface area contributed by atoms with E-state index in [1.807, 2.05) is 17.2 Å². The molecule has 0 saturated carbocycles. The van der Waals surface area contributed by atoms with Crippen LogP contribution in [0, 0.1) is 11.8 Å². The SMILES string of the molecule is CCC(CCNC(=O)CN1CCCCC1=O)CC(=O)N1CCC([C@H]2c3ncc(Br)cc3CCc3cc(Cl)cc(Br)c32)CC1. The van der Waals surface area contributed by atoms with Gasteiger partial charge in [-0.15, -0.1) is 0 Å². The molecule has 0 spiro atoms. The largest absolute Gasteiger partial charge is 0.355 e. The molecule has 2 aromatic rings. The van der Waals surface area contributed by atoms with Crippen molar-refractivity contribution in [3.05, 3.63) is 60.7 Å². The Morgan fingerprint density at radius 3 is 2.58 bits per heavy atom. The van der Waals surface area contributed by atoms with Crippen molar-refractivity contribution in [3.63, 3.8) is 0 Å². The Bertz CT molecular complexity index is 1350. The summed E-state index contributed by atoms with van der Waals surface area (Å²) in [6, 6.07) is 6.31. The number of fused-ring (bicyclic) bond motifs is 2. The molecule has 10 heteroatoms. The van der Waals surface area contributed by atoms with Crippen LogP contribution in [0.4, 0.5) is 0 Å². The Kier molecular flexibility index (Phi) is 11.2. The predicted molar refractivity (Wildman–Crippen MR) is 176 cm³/mol. The molecule has 1 N–H and O–H groups in total. The second-order valence-electron chi connectivity index (χ2n) is 12.2. The van der Waals surface area contributed by atoms with E-state index >= 15 is 0 Å². The molecule has 1 aliphatic carbocycles. The summed E-state index contributed by atoms with van der Waals surface area (Å²) in [6.07, 6.45) is 10.1. The molecule has 1 aromatic heterocycles. The van der Waals surface area contributed by atoms with Crippen molar-refractivity contribution in [2.45, 2.75) is 77.0 Å². The van der Waals surface area contributed by atoms with Crippen molar-refractivity contribution in [1.82, 2.24) is 20.1 Å². The summed E-state index contributed by atoms with van der Waals surface area (Å²) >= 11 is 13.9. The number of benzene rings is 1. The van der Waals surface area contributed by atoms with E-state index in [9.17, 15) is 14.4 Å². The molecule has 3 amide bonds. The minimum atomic E-state index is -0.115. The van der Waals surface area contributed by atoms with E-state index in [-0.39, 0.29) is 36.1 Å². The van der Waals surface area contributed by atoms with E-state index in [0.29, 0.717) is 31.8 Å². The van der Waals surface area contributed by atoms with E-state index in [4.69, 9.17) is 16.6 Å². The first-order chi connectivity index (χ1) is 20.7. The molecule has 3 heterocycles. The molecule has 2 atom stereocenters. The fraction of sp³-hybridized carbons (Fsp3) is 0.576. The maximum atomic E-state index is 13.4. The number of halogens is 3. The monoisotopic (exact) mass is 734 g/mol. The lowest BCUT2D eigenvalue weighted by molar-refractivity contribution is -0.137. The number of hydrogen-bond acceptors (Lipinski definition) is 4. The van der Waals surface area contributed by atoms with Gasteiger partial charge in [-0.3, -0.25) is 19.4 Å². The summed E-state index contributed by atoms with van der Waals surface area (Å²) < 4.78 is 2.03. The Morgan fingerprint density at radius 2 is 1.84 bits per heavy atom. The highest BCUT2D eigenvalue weighted by Crippen LogP contribution is 2.46. The van der Waals surface area contributed by atoms with E-state index in [2.05, 4.69) is 56.2 Å². The lowest BCUT2D eigenvalue weighted by atomic mass is 9.76. The minimum Gasteiger partial charge on any atom is -0.355 e. The standard InChI is InChI=1S/C33H41Br2ClN4O3/c1-2-21(8-11-37-28(41)20-40-12-4-3-5-29(40)42)15-30(43)39-13-9-22(10-14-39)32-31-23(17-26(36)18-27(31)35)6-7-24-16-25(34)19-38-33(24)32/h16-19,21-22,32H,2-15,20H2,1H3,(H,37,41)/t21?,32-/m1/s1. The number of aryl methyl sites for hydroxylation is 2. The van der Waals surface area contributed by atoms with Crippen LogP contribution < -0.4 is 5.32 Å². The van der Waals surface area contributed by atoms with Gasteiger partial charge in [-0.05, 0) is 108 Å². The quantitative estimate of drug-likeness (QED) is 0.312. The molecular weight excluding hydrogens is 696 g/mol. The van der Waals surface area contributed by atoms with Crippen LogP contribution in [0.3, 0.4) is 0 Å². The van der Waals surface area contributed by atoms with Crippen LogP contribution in [0.2, 0.25) is 5.02 Å². The summed E-state index contributed by atoms with van der Waals surface area (Å²) in [6.45, 7) is 4.91. The molecule has 1 aromatic carbocycles. The van der Waals surface area contributed by atoms with Crippen LogP contribution in [0.5, 0.6) is 0 Å². The zero-order chi connectivity index (χ0) is 30.5. The molecule has 43 heavy (non-hydrogen) atoms. The topological polar surface area (TPSA) is 82.6 Å². The highest BCUT2D eigenvalue weighted by Gasteiger charge is 2.36. The minimum absolute atomic E-state index is 0.0658. The van der Waals surface area contributed by atoms with Gasteiger partial charge in [-0.1, -0.05) is 40.9 Å². The van der Waals surface area contributed by atoms with Crippen molar-refractivity contribution in [2.24, 2.45) is 11.8 Å². The Morgan fingerprint density at radius 1 is 1.07 bits per heavy atom. The molecule has 2 saturated heterocycles. The first-order valence-corrected chi connectivity index (χ1v) is 17.6. The van der Waals surface area contributed by atoms with Gasteiger partial charge in [-0.2, -0.15) is 0 Å². The lowest BCUT2D eigenvalue weighted by Crippen LogP contribution is -2.43. The van der Waals surface area contributed by atoms with Crippen molar-refractivity contribution in [2.75, 3.05) is 32.7 Å². The van der Waals surface area contributed by atoms with Gasteiger partial charge in [0.1, 0.15) is 0 Å². The number of nitrogens with zero attached hydrogens (tertiary/aromatic N) is 3. The van der Waals surface area contributed by atoms with Crippen LogP contribution in [0.15, 0.2) is 33.3 Å². The van der Waals surface area contributed by atoms with Crippen molar-refractivity contribution in [3.8, 4) is 0 Å². The first-order valence-electron chi connectivity index (χ1n) is 15.7. The normalized spacial score (nSPS) is 19.8. The second-order valence-corrected chi connectivity index (χ2v) is 14.5. The summed E-state index contributed by atoms with van der Waals surface area (Å²) in [5.74, 6) is 0.886. The molecule has 232 valence electrons. The summed E-state index contributed by atoms with van der Waals surface area (Å²) in [5, 5.41) is 3.71. The van der Waals surface area contributed by atoms with Gasteiger partial charge >= 0.3 is 0 Å². The molecule has 1 unspecified atom stereocenters. The van der Waals surface area contributed by atoms with Crippen molar-refractivity contribution in [1.29, 1.82) is 0 Å². The Labute approximate surface area is 276 Å². The van der Waals surface area contributed by atoms with Gasteiger partial charge in [0.2, 0.25) is 17.7 Å². The third-order valence-electron chi connectivity index (χ3n) is 9.45. The maximum absolute atomic E-state index is 13.4. The summed E-state index contributed by atoms with van der Waals surface area (Å²) in [7, 11) is 0. The van der Waals surface area contributed by atoms with Gasteiger partial charge in [0.05, 0.1) is 12.2 Å². The lowest BCUT2D eigenvalue weighted by Gasteiger charge is -2.37. The van der Waals surface area contributed by atoms with Crippen LogP contribution in [0.25, 0.3) is 0 Å². The Hall–Kier alpha value is -1.97. The van der Waals surface area contributed by atoms with Crippen LogP contribution >= 0.6 is 43.5 Å². The maximum Gasteiger partial charge on any atom is 0.239 e. The van der Waals surface area contributed by atoms with Crippen molar-refractivity contribution >= 4 is 61.2 Å². The second kappa shape index (κ2) is 14.9. The van der Waals surface area contributed by atoms with E-state index < -0.39 is 0 Å². The molecule has 0 radical (unpaired) electrons. The molecule has 0 bridgehead atoms. The van der Waals surface area contributed by atoms with E-state index in [0.717, 1.165) is 84.1 Å². The number of nitrogens with one attached hydrogen (secondary N) is 1. The van der Waals surface area contributed by atoms with Crippen LogP contribution in [0.1, 0.15) is 86.6 Å². The van der Waals surface area contributed by atoms with Gasteiger partial charge in [0.15, 0.2) is 0 Å². The molecule has 2 fully saturated rings. The zero-order valence-corrected chi connectivity index (χ0v) is 28.8. The number of aromatic nitrogens is 1. The highest BCUT2D eigenvalue weighted by atomic mass is 79.9. The van der Waals surface area contributed by atoms with Gasteiger partial charge < -0.3 is 15.1 Å². The highest BCUT2D eigenvalue weighted by molar-refractivity contribution is 9.10. The number of likely N-dealkylation sites (tertiary alicyclic amines) is 2. The number of carbonyl (C=O) groups excluding carboxylic acids is 3. The average Bonchev–Trinajstić information content (AvgIpc) is 3.14. The molecule has 3 aliphatic rings. The number of rotatable bonds is 9. The summed E-state index contributed by atoms with van der Waals surface area (Å²) in [4.78, 5) is 46.4. The Balaban J connectivity index is 1.17. The fourth-order valence-corrected chi connectivity index (χ4v) is 8.51. The number of piperidine rings is 2. The van der Waals surface area contributed by atoms with Crippen LogP contribution in [-0.2, 0) is 27.2 Å². The fourth-order valence-electron chi connectivity index (χ4n) is 7.01. The third kappa shape index (κ3) is 8.01.